The minimum absolute atomic E-state index is 0.224. The Morgan fingerprint density at radius 1 is 1.35 bits per heavy atom. The highest BCUT2D eigenvalue weighted by atomic mass is 16.4. The highest BCUT2D eigenvalue weighted by Gasteiger charge is 2.23. The average molecular weight is 244 g/mol. The van der Waals surface area contributed by atoms with Crippen LogP contribution in [0.5, 0.6) is 0 Å². The lowest BCUT2D eigenvalue weighted by atomic mass is 10.1. The fourth-order valence-electron chi connectivity index (χ4n) is 2.31. The van der Waals surface area contributed by atoms with Crippen LogP contribution in [0.2, 0.25) is 0 Å². The molecule has 0 aliphatic carbocycles. The molecule has 1 rings (SSSR count). The SMILES string of the molecule is CCC(C/C(N)=N/O)N1CCN(CCO)CC1. The molecule has 1 fully saturated rings. The number of β-amino-alcohol motifs (C(OH)–C–C–N with tert-alkyl or cyclic N) is 1. The van der Waals surface area contributed by atoms with Crippen LogP contribution in [0.4, 0.5) is 0 Å². The van der Waals surface area contributed by atoms with E-state index in [0.717, 1.165) is 39.1 Å². The summed E-state index contributed by atoms with van der Waals surface area (Å²) >= 11 is 0. The van der Waals surface area contributed by atoms with Crippen LogP contribution in [0.15, 0.2) is 5.16 Å². The van der Waals surface area contributed by atoms with Gasteiger partial charge in [0.1, 0.15) is 5.84 Å². The van der Waals surface area contributed by atoms with Crippen molar-refractivity contribution in [3.63, 3.8) is 0 Å². The van der Waals surface area contributed by atoms with Gasteiger partial charge in [0.25, 0.3) is 0 Å². The van der Waals surface area contributed by atoms with Gasteiger partial charge in [0.05, 0.1) is 6.61 Å². The fraction of sp³-hybridized carbons (Fsp3) is 0.909. The van der Waals surface area contributed by atoms with Gasteiger partial charge in [0, 0.05) is 45.2 Å². The van der Waals surface area contributed by atoms with Crippen molar-refractivity contribution in [2.24, 2.45) is 10.9 Å². The molecule has 1 unspecified atom stereocenters. The van der Waals surface area contributed by atoms with Gasteiger partial charge in [0.15, 0.2) is 0 Å². The Balaban J connectivity index is 2.39. The van der Waals surface area contributed by atoms with Gasteiger partial charge in [0.2, 0.25) is 0 Å². The third-order valence-electron chi connectivity index (χ3n) is 3.38. The zero-order valence-electron chi connectivity index (χ0n) is 10.5. The summed E-state index contributed by atoms with van der Waals surface area (Å²) in [6, 6.07) is 0.349. The van der Waals surface area contributed by atoms with Gasteiger partial charge in [-0.3, -0.25) is 9.80 Å². The molecular weight excluding hydrogens is 220 g/mol. The van der Waals surface area contributed by atoms with E-state index in [0.29, 0.717) is 18.3 Å². The van der Waals surface area contributed by atoms with Crippen LogP contribution >= 0.6 is 0 Å². The fourth-order valence-corrected chi connectivity index (χ4v) is 2.31. The monoisotopic (exact) mass is 244 g/mol. The zero-order chi connectivity index (χ0) is 12.7. The lowest BCUT2D eigenvalue weighted by molar-refractivity contribution is 0.0838. The molecule has 17 heavy (non-hydrogen) atoms. The number of aliphatic hydroxyl groups excluding tert-OH is 1. The zero-order valence-corrected chi connectivity index (χ0v) is 10.5. The van der Waals surface area contributed by atoms with Gasteiger partial charge in [-0.2, -0.15) is 0 Å². The van der Waals surface area contributed by atoms with Gasteiger partial charge >= 0.3 is 0 Å². The Kier molecular flexibility index (Phi) is 6.25. The van der Waals surface area contributed by atoms with Crippen LogP contribution in [0, 0.1) is 0 Å². The first-order valence-corrected chi connectivity index (χ1v) is 6.25. The van der Waals surface area contributed by atoms with E-state index in [-0.39, 0.29) is 6.61 Å². The standard InChI is InChI=1S/C11H24N4O2/c1-2-10(9-11(12)13-17)15-5-3-14(4-6-15)7-8-16/h10,16-17H,2-9H2,1H3,(H2,12,13). The molecule has 6 nitrogen and oxygen atoms in total. The molecule has 0 bridgehead atoms. The summed E-state index contributed by atoms with van der Waals surface area (Å²) in [4.78, 5) is 4.64. The second-order valence-electron chi connectivity index (χ2n) is 4.46. The molecule has 1 aliphatic heterocycles. The van der Waals surface area contributed by atoms with E-state index in [4.69, 9.17) is 16.0 Å². The lowest BCUT2D eigenvalue weighted by Crippen LogP contribution is -2.51. The Morgan fingerprint density at radius 2 is 2.00 bits per heavy atom. The van der Waals surface area contributed by atoms with Crippen LogP contribution in [0.3, 0.4) is 0 Å². The van der Waals surface area contributed by atoms with Crippen LogP contribution in [0.25, 0.3) is 0 Å². The highest BCUT2D eigenvalue weighted by Crippen LogP contribution is 2.12. The number of aliphatic hydroxyl groups is 1. The van der Waals surface area contributed by atoms with Crippen molar-refractivity contribution in [2.45, 2.75) is 25.8 Å². The van der Waals surface area contributed by atoms with E-state index in [1.54, 1.807) is 0 Å². The maximum absolute atomic E-state index is 8.88. The number of hydrogen-bond acceptors (Lipinski definition) is 5. The van der Waals surface area contributed by atoms with E-state index in [1.807, 2.05) is 0 Å². The summed E-state index contributed by atoms with van der Waals surface area (Å²) in [6.45, 7) is 7.02. The summed E-state index contributed by atoms with van der Waals surface area (Å²) in [5.41, 5.74) is 5.56. The average Bonchev–Trinajstić information content (AvgIpc) is 2.37. The molecule has 6 heteroatoms. The molecule has 1 aliphatic rings. The van der Waals surface area contributed by atoms with Crippen LogP contribution in [0.1, 0.15) is 19.8 Å². The second-order valence-corrected chi connectivity index (χ2v) is 4.46. The van der Waals surface area contributed by atoms with Gasteiger partial charge < -0.3 is 16.0 Å². The summed E-state index contributed by atoms with van der Waals surface area (Å²) in [6.07, 6.45) is 1.61. The van der Waals surface area contributed by atoms with E-state index < -0.39 is 0 Å². The number of oxime groups is 1. The van der Waals surface area contributed by atoms with Gasteiger partial charge in [-0.05, 0) is 6.42 Å². The minimum Gasteiger partial charge on any atom is -0.409 e. The highest BCUT2D eigenvalue weighted by molar-refractivity contribution is 5.80. The maximum Gasteiger partial charge on any atom is 0.140 e. The molecular formula is C11H24N4O2. The van der Waals surface area contributed by atoms with Crippen LogP contribution in [-0.2, 0) is 0 Å². The first-order chi connectivity index (χ1) is 8.21. The molecule has 0 amide bonds. The Bertz CT molecular complexity index is 240. The van der Waals surface area contributed by atoms with Gasteiger partial charge in [-0.25, -0.2) is 0 Å². The topological polar surface area (TPSA) is 85.3 Å². The number of hydrogen-bond donors (Lipinski definition) is 3. The molecule has 4 N–H and O–H groups in total. The van der Waals surface area contributed by atoms with E-state index in [1.165, 1.54) is 0 Å². The first kappa shape index (κ1) is 14.2. The number of piperazine rings is 1. The molecule has 0 saturated carbocycles. The normalized spacial score (nSPS) is 21.6. The molecule has 1 saturated heterocycles. The summed E-state index contributed by atoms with van der Waals surface area (Å²) < 4.78 is 0. The van der Waals surface area contributed by atoms with E-state index in [2.05, 4.69) is 21.9 Å². The molecule has 0 aromatic carbocycles. The van der Waals surface area contributed by atoms with Crippen molar-refractivity contribution in [3.8, 4) is 0 Å². The summed E-state index contributed by atoms with van der Waals surface area (Å²) in [5.74, 6) is 0.301. The van der Waals surface area contributed by atoms with Gasteiger partial charge in [-0.15, -0.1) is 0 Å². The number of nitrogens with zero attached hydrogens (tertiary/aromatic N) is 3. The van der Waals surface area contributed by atoms with E-state index in [9.17, 15) is 0 Å². The predicted molar refractivity (Wildman–Crippen MR) is 67.2 cm³/mol. The van der Waals surface area contributed by atoms with E-state index >= 15 is 0 Å². The molecule has 0 aromatic rings. The largest absolute Gasteiger partial charge is 0.409 e. The molecule has 0 radical (unpaired) electrons. The Hall–Kier alpha value is -0.850. The second kappa shape index (κ2) is 7.47. The van der Waals surface area contributed by atoms with Crippen LogP contribution < -0.4 is 5.73 Å². The van der Waals surface area contributed by atoms with Crippen molar-refractivity contribution < 1.29 is 10.3 Å². The molecule has 1 heterocycles. The van der Waals surface area contributed by atoms with Crippen molar-refractivity contribution in [2.75, 3.05) is 39.3 Å². The van der Waals surface area contributed by atoms with Crippen molar-refractivity contribution in [3.05, 3.63) is 0 Å². The molecule has 0 spiro atoms. The third-order valence-corrected chi connectivity index (χ3v) is 3.38. The molecule has 100 valence electrons. The first-order valence-electron chi connectivity index (χ1n) is 6.25. The number of nitrogens with two attached hydrogens (primary N) is 1. The summed E-state index contributed by atoms with van der Waals surface area (Å²) in [5, 5.41) is 20.5. The number of rotatable bonds is 6. The Morgan fingerprint density at radius 3 is 2.47 bits per heavy atom. The minimum atomic E-state index is 0.224. The van der Waals surface area contributed by atoms with Crippen molar-refractivity contribution >= 4 is 5.84 Å². The van der Waals surface area contributed by atoms with Gasteiger partial charge in [-0.1, -0.05) is 12.1 Å². The van der Waals surface area contributed by atoms with Crippen molar-refractivity contribution in [1.82, 2.24) is 9.80 Å². The maximum atomic E-state index is 8.88. The quantitative estimate of drug-likeness (QED) is 0.254. The third kappa shape index (κ3) is 4.49. The number of amidine groups is 1. The Labute approximate surface area is 103 Å². The van der Waals surface area contributed by atoms with Crippen LogP contribution in [-0.4, -0.2) is 71.3 Å². The summed E-state index contributed by atoms with van der Waals surface area (Å²) in [7, 11) is 0. The predicted octanol–water partition coefficient (Wildman–Crippen LogP) is -0.489. The molecule has 1 atom stereocenters. The molecule has 0 aromatic heterocycles. The lowest BCUT2D eigenvalue weighted by Gasteiger charge is -2.38. The smallest absolute Gasteiger partial charge is 0.140 e. The van der Waals surface area contributed by atoms with Crippen molar-refractivity contribution in [1.29, 1.82) is 0 Å².